The Labute approximate surface area is 129 Å². The van der Waals surface area contributed by atoms with E-state index in [9.17, 15) is 19.2 Å². The van der Waals surface area contributed by atoms with E-state index < -0.39 is 23.8 Å². The van der Waals surface area contributed by atoms with Gasteiger partial charge >= 0.3 is 5.97 Å². The lowest BCUT2D eigenvalue weighted by atomic mass is 10.1. The van der Waals surface area contributed by atoms with E-state index in [1.54, 1.807) is 6.92 Å². The summed E-state index contributed by atoms with van der Waals surface area (Å²) in [6.45, 7) is 1.67. The van der Waals surface area contributed by atoms with Crippen LogP contribution in [0.4, 0.5) is 5.13 Å². The van der Waals surface area contributed by atoms with Crippen molar-refractivity contribution in [1.82, 2.24) is 10.3 Å². The van der Waals surface area contributed by atoms with Crippen molar-refractivity contribution in [2.75, 3.05) is 5.32 Å². The smallest absolute Gasteiger partial charge is 0.326 e. The minimum Gasteiger partial charge on any atom is -0.480 e. The Kier molecular flexibility index (Phi) is 6.45. The van der Waals surface area contributed by atoms with Gasteiger partial charge in [-0.05, 0) is 6.42 Å². The minimum atomic E-state index is -1.27. The number of carbonyl (C=O) groups excluding carboxylic acids is 3. The van der Waals surface area contributed by atoms with Gasteiger partial charge in [0.2, 0.25) is 11.8 Å². The zero-order valence-corrected chi connectivity index (χ0v) is 12.6. The molecule has 1 unspecified atom stereocenters. The van der Waals surface area contributed by atoms with Crippen LogP contribution in [-0.2, 0) is 14.4 Å². The molecule has 3 amide bonds. The van der Waals surface area contributed by atoms with Gasteiger partial charge in [-0.1, -0.05) is 6.92 Å². The highest BCUT2D eigenvalue weighted by atomic mass is 32.1. The second kappa shape index (κ2) is 8.08. The third-order valence-electron chi connectivity index (χ3n) is 2.59. The predicted octanol–water partition coefficient (Wildman–Crippen LogP) is -0.0599. The molecule has 120 valence electrons. The second-order valence-corrected chi connectivity index (χ2v) is 5.17. The Morgan fingerprint density at radius 2 is 2.09 bits per heavy atom. The number of aromatic nitrogens is 1. The molecule has 0 aromatic carbocycles. The maximum absolute atomic E-state index is 11.9. The summed E-state index contributed by atoms with van der Waals surface area (Å²) >= 11 is 1.05. The number of rotatable bonds is 8. The van der Waals surface area contributed by atoms with Gasteiger partial charge in [0.15, 0.2) is 5.13 Å². The highest BCUT2D eigenvalue weighted by Crippen LogP contribution is 2.15. The molecule has 5 N–H and O–H groups in total. The Hall–Kier alpha value is -2.49. The van der Waals surface area contributed by atoms with Crippen molar-refractivity contribution < 1.29 is 24.3 Å². The number of nitrogens with zero attached hydrogens (tertiary/aromatic N) is 1. The van der Waals surface area contributed by atoms with Crippen LogP contribution in [0.3, 0.4) is 0 Å². The Morgan fingerprint density at radius 1 is 1.41 bits per heavy atom. The molecule has 0 spiro atoms. The summed E-state index contributed by atoms with van der Waals surface area (Å²) in [6.07, 6.45) is 0.00140. The summed E-state index contributed by atoms with van der Waals surface area (Å²) in [5.74, 6) is -2.88. The summed E-state index contributed by atoms with van der Waals surface area (Å²) in [5, 5.41) is 15.4. The number of hydrogen-bond acceptors (Lipinski definition) is 6. The van der Waals surface area contributed by atoms with Crippen molar-refractivity contribution in [3.8, 4) is 0 Å². The first-order valence-electron chi connectivity index (χ1n) is 6.40. The quantitative estimate of drug-likeness (QED) is 0.524. The molecule has 1 aromatic rings. The maximum atomic E-state index is 11.9. The second-order valence-electron chi connectivity index (χ2n) is 4.31. The van der Waals surface area contributed by atoms with Gasteiger partial charge in [-0.2, -0.15) is 0 Å². The van der Waals surface area contributed by atoms with E-state index >= 15 is 0 Å². The molecule has 0 aliphatic rings. The SMILES string of the molecule is CCC(=O)Nc1nc(C(=O)NC(CCC(N)=O)C(=O)O)cs1. The highest BCUT2D eigenvalue weighted by Gasteiger charge is 2.22. The molecule has 0 aliphatic carbocycles. The minimum absolute atomic E-state index is 0.0123. The zero-order valence-electron chi connectivity index (χ0n) is 11.8. The lowest BCUT2D eigenvalue weighted by Gasteiger charge is -2.12. The normalized spacial score (nSPS) is 11.5. The molecular formula is C12H16N4O5S. The number of carbonyl (C=O) groups is 4. The molecule has 0 saturated heterocycles. The average Bonchev–Trinajstić information content (AvgIpc) is 2.90. The monoisotopic (exact) mass is 328 g/mol. The van der Waals surface area contributed by atoms with Gasteiger partial charge in [0, 0.05) is 18.2 Å². The predicted molar refractivity (Wildman–Crippen MR) is 78.4 cm³/mol. The van der Waals surface area contributed by atoms with Gasteiger partial charge in [0.05, 0.1) is 0 Å². The van der Waals surface area contributed by atoms with Crippen LogP contribution in [0.5, 0.6) is 0 Å². The van der Waals surface area contributed by atoms with E-state index in [4.69, 9.17) is 10.8 Å². The van der Waals surface area contributed by atoms with Gasteiger partial charge < -0.3 is 21.5 Å². The number of hydrogen-bond donors (Lipinski definition) is 4. The topological polar surface area (TPSA) is 151 Å². The number of anilines is 1. The fourth-order valence-electron chi connectivity index (χ4n) is 1.42. The number of primary amides is 1. The molecule has 22 heavy (non-hydrogen) atoms. The standard InChI is InChI=1S/C12H16N4O5S/c1-2-9(18)16-12-15-7(5-22-12)10(19)14-6(11(20)21)3-4-8(13)17/h5-6H,2-4H2,1H3,(H2,13,17)(H,14,19)(H,20,21)(H,15,16,18). The van der Waals surface area contributed by atoms with Crippen LogP contribution in [0.25, 0.3) is 0 Å². The number of thiazole rings is 1. The number of nitrogens with two attached hydrogens (primary N) is 1. The molecule has 1 aromatic heterocycles. The molecule has 10 heteroatoms. The summed E-state index contributed by atoms with van der Waals surface area (Å²) in [7, 11) is 0. The Bertz CT molecular complexity index is 586. The fourth-order valence-corrected chi connectivity index (χ4v) is 2.13. The van der Waals surface area contributed by atoms with Crippen LogP contribution in [0, 0.1) is 0 Å². The number of nitrogens with one attached hydrogen (secondary N) is 2. The first kappa shape index (κ1) is 17.6. The highest BCUT2D eigenvalue weighted by molar-refractivity contribution is 7.14. The molecule has 0 radical (unpaired) electrons. The number of carboxylic acid groups (broad SMARTS) is 1. The molecule has 0 aliphatic heterocycles. The van der Waals surface area contributed by atoms with E-state index in [0.29, 0.717) is 0 Å². The number of carboxylic acids is 1. The number of aliphatic carboxylic acids is 1. The van der Waals surface area contributed by atoms with E-state index in [2.05, 4.69) is 15.6 Å². The number of amides is 3. The molecule has 1 atom stereocenters. The Morgan fingerprint density at radius 3 is 2.64 bits per heavy atom. The Balaban J connectivity index is 2.67. The van der Waals surface area contributed by atoms with Crippen molar-refractivity contribution in [1.29, 1.82) is 0 Å². The molecule has 1 rings (SSSR count). The van der Waals surface area contributed by atoms with E-state index in [-0.39, 0.29) is 36.0 Å². The third kappa shape index (κ3) is 5.48. The molecule has 0 saturated carbocycles. The first-order chi connectivity index (χ1) is 10.3. The van der Waals surface area contributed by atoms with Crippen LogP contribution in [0.15, 0.2) is 5.38 Å². The maximum Gasteiger partial charge on any atom is 0.326 e. The first-order valence-corrected chi connectivity index (χ1v) is 7.28. The zero-order chi connectivity index (χ0) is 16.7. The van der Waals surface area contributed by atoms with Crippen molar-refractivity contribution in [2.24, 2.45) is 5.73 Å². The summed E-state index contributed by atoms with van der Waals surface area (Å²) in [4.78, 5) is 48.7. The largest absolute Gasteiger partial charge is 0.480 e. The molecule has 0 fully saturated rings. The van der Waals surface area contributed by atoms with Gasteiger partial charge in [-0.15, -0.1) is 11.3 Å². The molecule has 1 heterocycles. The van der Waals surface area contributed by atoms with Crippen LogP contribution in [0.2, 0.25) is 0 Å². The third-order valence-corrected chi connectivity index (χ3v) is 3.34. The summed E-state index contributed by atoms with van der Waals surface area (Å²) in [6, 6.07) is -1.24. The van der Waals surface area contributed by atoms with Crippen LogP contribution in [0.1, 0.15) is 36.7 Å². The lowest BCUT2D eigenvalue weighted by molar-refractivity contribution is -0.139. The van der Waals surface area contributed by atoms with Crippen molar-refractivity contribution in [3.63, 3.8) is 0 Å². The average molecular weight is 328 g/mol. The van der Waals surface area contributed by atoms with Gasteiger partial charge in [-0.3, -0.25) is 14.4 Å². The van der Waals surface area contributed by atoms with Crippen LogP contribution in [-0.4, -0.2) is 39.8 Å². The molecule has 9 nitrogen and oxygen atoms in total. The lowest BCUT2D eigenvalue weighted by Crippen LogP contribution is -2.41. The van der Waals surface area contributed by atoms with Crippen LogP contribution < -0.4 is 16.4 Å². The summed E-state index contributed by atoms with van der Waals surface area (Å²) < 4.78 is 0. The van der Waals surface area contributed by atoms with Gasteiger partial charge in [0.1, 0.15) is 11.7 Å². The van der Waals surface area contributed by atoms with E-state index in [0.717, 1.165) is 11.3 Å². The van der Waals surface area contributed by atoms with E-state index in [1.807, 2.05) is 0 Å². The van der Waals surface area contributed by atoms with Gasteiger partial charge in [0.25, 0.3) is 5.91 Å². The van der Waals surface area contributed by atoms with Crippen molar-refractivity contribution in [2.45, 2.75) is 32.2 Å². The fraction of sp³-hybridized carbons (Fsp3) is 0.417. The van der Waals surface area contributed by atoms with Crippen molar-refractivity contribution in [3.05, 3.63) is 11.1 Å². The van der Waals surface area contributed by atoms with E-state index in [1.165, 1.54) is 5.38 Å². The molecular weight excluding hydrogens is 312 g/mol. The van der Waals surface area contributed by atoms with Crippen LogP contribution >= 0.6 is 11.3 Å². The van der Waals surface area contributed by atoms with Crippen molar-refractivity contribution >= 4 is 40.2 Å². The summed E-state index contributed by atoms with van der Waals surface area (Å²) in [5.41, 5.74) is 4.94. The van der Waals surface area contributed by atoms with Gasteiger partial charge in [-0.25, -0.2) is 9.78 Å². The molecule has 0 bridgehead atoms.